The van der Waals surface area contributed by atoms with Gasteiger partial charge in [0.2, 0.25) is 5.60 Å². The molecule has 1 unspecified atom stereocenters. The highest BCUT2D eigenvalue weighted by molar-refractivity contribution is 6.10. The van der Waals surface area contributed by atoms with E-state index in [2.05, 4.69) is 5.32 Å². The number of fused-ring (bicyclic) bond motifs is 3. The van der Waals surface area contributed by atoms with Crippen molar-refractivity contribution in [2.45, 2.75) is 44.0 Å². The highest BCUT2D eigenvalue weighted by Gasteiger charge is 2.49. The molecule has 0 bridgehead atoms. The molecule has 0 aromatic heterocycles. The molecule has 2 atom stereocenters. The van der Waals surface area contributed by atoms with E-state index >= 15 is 0 Å². The number of halogens is 3. The fourth-order valence-corrected chi connectivity index (χ4v) is 3.99. The molecule has 1 aliphatic heterocycles. The van der Waals surface area contributed by atoms with Gasteiger partial charge in [0.25, 0.3) is 17.7 Å². The lowest BCUT2D eigenvalue weighted by Gasteiger charge is -2.36. The third kappa shape index (κ3) is 4.85. The van der Waals surface area contributed by atoms with E-state index in [9.17, 15) is 32.7 Å². The van der Waals surface area contributed by atoms with Crippen molar-refractivity contribution in [2.75, 3.05) is 11.9 Å². The van der Waals surface area contributed by atoms with Crippen LogP contribution in [0.4, 0.5) is 18.9 Å². The van der Waals surface area contributed by atoms with E-state index < -0.39 is 54.9 Å². The number of para-hydroxylation sites is 1. The van der Waals surface area contributed by atoms with Gasteiger partial charge in [-0.15, -0.1) is 0 Å². The van der Waals surface area contributed by atoms with E-state index in [1.165, 1.54) is 6.07 Å². The third-order valence-electron chi connectivity index (χ3n) is 5.56. The average molecular weight is 463 g/mol. The molecular weight excluding hydrogens is 439 g/mol. The smallest absolute Gasteiger partial charge is 0.372 e. The van der Waals surface area contributed by atoms with Crippen LogP contribution in [-0.2, 0) is 14.4 Å². The summed E-state index contributed by atoms with van der Waals surface area (Å²) in [5, 5.41) is 13.4. The lowest BCUT2D eigenvalue weighted by atomic mass is 9.91. The van der Waals surface area contributed by atoms with E-state index in [1.54, 1.807) is 49.4 Å². The lowest BCUT2D eigenvalue weighted by molar-refractivity contribution is -0.168. The van der Waals surface area contributed by atoms with E-state index in [0.29, 0.717) is 21.7 Å². The number of anilines is 1. The summed E-state index contributed by atoms with van der Waals surface area (Å²) in [6.45, 7) is 0.621. The summed E-state index contributed by atoms with van der Waals surface area (Å²) in [7, 11) is 0. The minimum atomic E-state index is -4.65. The molecule has 2 aromatic carbocycles. The number of aliphatic hydroxyl groups is 1. The Morgan fingerprint density at radius 2 is 1.67 bits per heavy atom. The SMILES string of the molecule is CCCC(O)(C(N)=O)C(=O)N(CCC(F)(F)F)[C@@H]1C(=O)Nc2ccccc2-c2ccccc21. The molecule has 0 saturated heterocycles. The first kappa shape index (κ1) is 24.2. The summed E-state index contributed by atoms with van der Waals surface area (Å²) in [5.74, 6) is -3.51. The minimum absolute atomic E-state index is 0.150. The molecule has 2 aromatic rings. The van der Waals surface area contributed by atoms with Crippen molar-refractivity contribution in [1.82, 2.24) is 4.90 Å². The van der Waals surface area contributed by atoms with E-state index in [1.807, 2.05) is 0 Å². The highest BCUT2D eigenvalue weighted by atomic mass is 19.4. The molecule has 4 N–H and O–H groups in total. The van der Waals surface area contributed by atoms with Crippen molar-refractivity contribution in [1.29, 1.82) is 0 Å². The van der Waals surface area contributed by atoms with Gasteiger partial charge in [0.05, 0.1) is 6.42 Å². The fourth-order valence-electron chi connectivity index (χ4n) is 3.99. The fraction of sp³-hybridized carbons (Fsp3) is 0.348. The predicted molar refractivity (Wildman–Crippen MR) is 115 cm³/mol. The molecule has 33 heavy (non-hydrogen) atoms. The Kier molecular flexibility index (Phi) is 6.78. The van der Waals surface area contributed by atoms with Crippen LogP contribution >= 0.6 is 0 Å². The molecule has 3 rings (SSSR count). The predicted octanol–water partition coefficient (Wildman–Crippen LogP) is 3.14. The first-order chi connectivity index (χ1) is 15.5. The Morgan fingerprint density at radius 3 is 2.27 bits per heavy atom. The summed E-state index contributed by atoms with van der Waals surface area (Å²) in [4.78, 5) is 39.3. The summed E-state index contributed by atoms with van der Waals surface area (Å²) in [5.41, 5.74) is 4.34. The van der Waals surface area contributed by atoms with Crippen LogP contribution in [0.2, 0.25) is 0 Å². The van der Waals surface area contributed by atoms with Gasteiger partial charge in [-0.1, -0.05) is 55.8 Å². The Labute approximate surface area is 188 Å². The van der Waals surface area contributed by atoms with Gasteiger partial charge in [0, 0.05) is 17.8 Å². The molecular formula is C23H24F3N3O4. The van der Waals surface area contributed by atoms with Crippen LogP contribution in [-0.4, -0.2) is 46.1 Å². The Morgan fingerprint density at radius 1 is 1.06 bits per heavy atom. The molecule has 0 radical (unpaired) electrons. The number of amides is 3. The second-order valence-electron chi connectivity index (χ2n) is 7.86. The third-order valence-corrected chi connectivity index (χ3v) is 5.56. The number of benzene rings is 2. The van der Waals surface area contributed by atoms with Crippen LogP contribution in [0.1, 0.15) is 37.8 Å². The molecule has 10 heteroatoms. The number of rotatable bonds is 7. The van der Waals surface area contributed by atoms with Gasteiger partial charge in [0.15, 0.2) is 0 Å². The van der Waals surface area contributed by atoms with Gasteiger partial charge in [-0.05, 0) is 23.6 Å². The summed E-state index contributed by atoms with van der Waals surface area (Å²) in [6.07, 6.45) is -6.35. The highest BCUT2D eigenvalue weighted by Crippen LogP contribution is 2.40. The molecule has 3 amide bonds. The molecule has 0 aliphatic carbocycles. The summed E-state index contributed by atoms with van der Waals surface area (Å²) in [6, 6.07) is 11.7. The van der Waals surface area contributed by atoms with E-state index in [0.717, 1.165) is 0 Å². The first-order valence-corrected chi connectivity index (χ1v) is 10.4. The maximum absolute atomic E-state index is 13.4. The van der Waals surface area contributed by atoms with E-state index in [4.69, 9.17) is 5.73 Å². The molecule has 176 valence electrons. The van der Waals surface area contributed by atoms with Gasteiger partial charge in [-0.25, -0.2) is 0 Å². The molecule has 7 nitrogen and oxygen atoms in total. The number of alkyl halides is 3. The number of carbonyl (C=O) groups is 3. The van der Waals surface area contributed by atoms with Crippen LogP contribution in [0.5, 0.6) is 0 Å². The van der Waals surface area contributed by atoms with Crippen LogP contribution in [0.15, 0.2) is 48.5 Å². The van der Waals surface area contributed by atoms with Crippen molar-refractivity contribution in [3.63, 3.8) is 0 Å². The Bertz CT molecular complexity index is 1070. The average Bonchev–Trinajstić information content (AvgIpc) is 2.87. The van der Waals surface area contributed by atoms with Crippen LogP contribution in [0.25, 0.3) is 11.1 Å². The zero-order valence-electron chi connectivity index (χ0n) is 17.9. The summed E-state index contributed by atoms with van der Waals surface area (Å²) >= 11 is 0. The second kappa shape index (κ2) is 9.22. The Balaban J connectivity index is 2.18. The summed E-state index contributed by atoms with van der Waals surface area (Å²) < 4.78 is 39.4. The van der Waals surface area contributed by atoms with Crippen molar-refractivity contribution in [2.24, 2.45) is 5.73 Å². The number of hydrogen-bond donors (Lipinski definition) is 3. The van der Waals surface area contributed by atoms with Gasteiger partial charge in [0.1, 0.15) is 6.04 Å². The molecule has 0 fully saturated rings. The normalized spacial score (nSPS) is 17.1. The van der Waals surface area contributed by atoms with Crippen molar-refractivity contribution in [3.05, 3.63) is 54.1 Å². The molecule has 1 aliphatic rings. The van der Waals surface area contributed by atoms with E-state index in [-0.39, 0.29) is 12.0 Å². The molecule has 1 heterocycles. The van der Waals surface area contributed by atoms with Gasteiger partial charge in [-0.2, -0.15) is 13.2 Å². The quantitative estimate of drug-likeness (QED) is 0.548. The number of primary amides is 1. The van der Waals surface area contributed by atoms with Gasteiger partial charge >= 0.3 is 6.18 Å². The van der Waals surface area contributed by atoms with Crippen LogP contribution in [0.3, 0.4) is 0 Å². The number of carbonyl (C=O) groups excluding carboxylic acids is 3. The Hall–Kier alpha value is -3.40. The standard InChI is InChI=1S/C23H24F3N3O4/c1-2-11-22(33,20(27)31)21(32)29(13-12-23(24,25)26)18-16-9-4-3-7-14(16)15-8-5-6-10-17(15)28-19(18)30/h3-10,18,33H,2,11-13H2,1H3,(H2,27,31)(H,28,30)/t18-,22?/m0/s1. The first-order valence-electron chi connectivity index (χ1n) is 10.4. The topological polar surface area (TPSA) is 113 Å². The minimum Gasteiger partial charge on any atom is -0.372 e. The van der Waals surface area contributed by atoms with Gasteiger partial charge in [-0.3, -0.25) is 14.4 Å². The lowest BCUT2D eigenvalue weighted by Crippen LogP contribution is -2.59. The van der Waals surface area contributed by atoms with Crippen molar-refractivity contribution < 1.29 is 32.7 Å². The number of hydrogen-bond acceptors (Lipinski definition) is 4. The molecule has 0 spiro atoms. The molecule has 0 saturated carbocycles. The van der Waals surface area contributed by atoms with Crippen molar-refractivity contribution >= 4 is 23.4 Å². The monoisotopic (exact) mass is 463 g/mol. The zero-order chi connectivity index (χ0) is 24.4. The van der Waals surface area contributed by atoms with Gasteiger partial charge < -0.3 is 21.1 Å². The largest absolute Gasteiger partial charge is 0.390 e. The number of nitrogens with one attached hydrogen (secondary N) is 1. The number of nitrogens with two attached hydrogens (primary N) is 1. The maximum Gasteiger partial charge on any atom is 0.390 e. The maximum atomic E-state index is 13.4. The van der Waals surface area contributed by atoms with Crippen molar-refractivity contribution in [3.8, 4) is 11.1 Å². The zero-order valence-corrected chi connectivity index (χ0v) is 17.9. The van der Waals surface area contributed by atoms with Crippen LogP contribution in [0, 0.1) is 0 Å². The van der Waals surface area contributed by atoms with Crippen LogP contribution < -0.4 is 11.1 Å². The second-order valence-corrected chi connectivity index (χ2v) is 7.86. The number of nitrogens with zero attached hydrogens (tertiary/aromatic N) is 1.